The molecule has 0 saturated heterocycles. The zero-order chi connectivity index (χ0) is 17.3. The molecule has 24 heavy (non-hydrogen) atoms. The first-order valence-electron chi connectivity index (χ1n) is 8.13. The van der Waals surface area contributed by atoms with E-state index in [9.17, 15) is 4.79 Å². The number of aromatic nitrogens is 3. The van der Waals surface area contributed by atoms with Crippen molar-refractivity contribution in [3.63, 3.8) is 0 Å². The molecule has 0 bridgehead atoms. The zero-order valence-corrected chi connectivity index (χ0v) is 14.8. The van der Waals surface area contributed by atoms with Gasteiger partial charge in [-0.2, -0.15) is 4.98 Å². The number of benzene rings is 1. The van der Waals surface area contributed by atoms with Crippen LogP contribution in [0, 0.1) is 6.92 Å². The Morgan fingerprint density at radius 2 is 2.29 bits per heavy atom. The van der Waals surface area contributed by atoms with E-state index in [4.69, 9.17) is 16.3 Å². The lowest BCUT2D eigenvalue weighted by molar-refractivity contribution is 0.167. The third-order valence-electron chi connectivity index (χ3n) is 4.41. The molecular formula is C17H21ClN4O2. The van der Waals surface area contributed by atoms with Crippen LogP contribution in [-0.2, 0) is 11.3 Å². The van der Waals surface area contributed by atoms with Gasteiger partial charge in [0.25, 0.3) is 5.95 Å². The van der Waals surface area contributed by atoms with E-state index < -0.39 is 6.09 Å². The number of rotatable bonds is 3. The van der Waals surface area contributed by atoms with Crippen LogP contribution in [0.5, 0.6) is 0 Å². The van der Waals surface area contributed by atoms with Crippen molar-refractivity contribution in [2.24, 2.45) is 0 Å². The molecule has 2 aromatic rings. The zero-order valence-electron chi connectivity index (χ0n) is 14.0. The molecule has 1 amide bonds. The summed E-state index contributed by atoms with van der Waals surface area (Å²) in [5.74, 6) is 1.74. The van der Waals surface area contributed by atoms with Crippen molar-refractivity contribution in [3.05, 3.63) is 40.2 Å². The van der Waals surface area contributed by atoms with Crippen molar-refractivity contribution in [2.75, 3.05) is 11.9 Å². The Morgan fingerprint density at radius 1 is 1.50 bits per heavy atom. The van der Waals surface area contributed by atoms with Gasteiger partial charge in [0, 0.05) is 23.4 Å². The summed E-state index contributed by atoms with van der Waals surface area (Å²) >= 11 is 6.26. The van der Waals surface area contributed by atoms with Gasteiger partial charge in [0.15, 0.2) is 0 Å². The molecule has 2 heterocycles. The Bertz CT molecular complexity index is 759. The predicted octanol–water partition coefficient (Wildman–Crippen LogP) is 4.10. The van der Waals surface area contributed by atoms with Gasteiger partial charge in [-0.3, -0.25) is 5.32 Å². The van der Waals surface area contributed by atoms with E-state index >= 15 is 0 Å². The Balaban J connectivity index is 1.83. The third-order valence-corrected chi connectivity index (χ3v) is 4.82. The van der Waals surface area contributed by atoms with Gasteiger partial charge in [-0.05, 0) is 37.5 Å². The molecule has 0 fully saturated rings. The van der Waals surface area contributed by atoms with E-state index in [1.807, 2.05) is 23.7 Å². The number of halogens is 1. The maximum atomic E-state index is 11.5. The lowest BCUT2D eigenvalue weighted by atomic mass is 9.84. The van der Waals surface area contributed by atoms with E-state index in [-0.39, 0.29) is 5.92 Å². The molecule has 0 radical (unpaired) electrons. The number of fused-ring (bicyclic) bond motifs is 1. The monoisotopic (exact) mass is 348 g/mol. The summed E-state index contributed by atoms with van der Waals surface area (Å²) in [5, 5.41) is 7.77. The average molecular weight is 349 g/mol. The van der Waals surface area contributed by atoms with Gasteiger partial charge >= 0.3 is 6.09 Å². The topological polar surface area (TPSA) is 69.0 Å². The first-order chi connectivity index (χ1) is 11.5. The van der Waals surface area contributed by atoms with Gasteiger partial charge in [-0.1, -0.05) is 30.7 Å². The van der Waals surface area contributed by atoms with E-state index in [1.165, 1.54) is 5.56 Å². The Morgan fingerprint density at radius 3 is 3.04 bits per heavy atom. The molecule has 7 heteroatoms. The van der Waals surface area contributed by atoms with Crippen molar-refractivity contribution in [3.8, 4) is 0 Å². The van der Waals surface area contributed by atoms with Crippen molar-refractivity contribution in [2.45, 2.75) is 45.6 Å². The van der Waals surface area contributed by atoms with E-state index in [0.29, 0.717) is 18.5 Å². The molecule has 1 aliphatic rings. The molecule has 2 atom stereocenters. The largest absolute Gasteiger partial charge is 0.450 e. The number of carbonyl (C=O) groups excluding carboxylic acids is 1. The number of nitrogens with one attached hydrogen (secondary N) is 1. The summed E-state index contributed by atoms with van der Waals surface area (Å²) in [4.78, 5) is 16.0. The van der Waals surface area contributed by atoms with Crippen LogP contribution < -0.4 is 5.32 Å². The molecule has 0 spiro atoms. The van der Waals surface area contributed by atoms with Crippen LogP contribution >= 0.6 is 11.6 Å². The van der Waals surface area contributed by atoms with E-state index in [1.54, 1.807) is 6.92 Å². The van der Waals surface area contributed by atoms with Crippen LogP contribution in [0.1, 0.15) is 49.1 Å². The highest BCUT2D eigenvalue weighted by molar-refractivity contribution is 6.31. The molecule has 1 aromatic carbocycles. The fraction of sp³-hybridized carbons (Fsp3) is 0.471. The number of hydrogen-bond acceptors (Lipinski definition) is 4. The molecule has 128 valence electrons. The first kappa shape index (κ1) is 16.8. The molecule has 3 rings (SSSR count). The molecule has 1 N–H and O–H groups in total. The van der Waals surface area contributed by atoms with Gasteiger partial charge < -0.3 is 4.74 Å². The highest BCUT2D eigenvalue weighted by Crippen LogP contribution is 2.38. The van der Waals surface area contributed by atoms with Gasteiger partial charge in [-0.15, -0.1) is 5.10 Å². The lowest BCUT2D eigenvalue weighted by Gasteiger charge is -2.28. The van der Waals surface area contributed by atoms with Gasteiger partial charge in [0.2, 0.25) is 0 Å². The second-order valence-corrected chi connectivity index (χ2v) is 6.52. The molecule has 0 aliphatic carbocycles. The van der Waals surface area contributed by atoms with Crippen molar-refractivity contribution in [1.29, 1.82) is 0 Å². The van der Waals surface area contributed by atoms with Crippen molar-refractivity contribution >= 4 is 23.6 Å². The fourth-order valence-corrected chi connectivity index (χ4v) is 3.45. The Labute approximate surface area is 146 Å². The first-order valence-corrected chi connectivity index (χ1v) is 8.51. The maximum absolute atomic E-state index is 11.5. The van der Waals surface area contributed by atoms with Crippen LogP contribution in [0.15, 0.2) is 18.2 Å². The van der Waals surface area contributed by atoms with Gasteiger partial charge in [0.1, 0.15) is 5.82 Å². The normalized spacial score (nSPS) is 19.7. The predicted molar refractivity (Wildman–Crippen MR) is 92.6 cm³/mol. The standard InChI is InChI=1S/C17H21ClN4O2/c1-4-24-17(23)20-16-19-15-10(2)8-12(9-22(15)21-16)13-6-5-7-14(18)11(13)3/h5-7,10,12H,4,8-9H2,1-3H3,(H,20,21,23). The number of hydrogen-bond donors (Lipinski definition) is 1. The van der Waals surface area contributed by atoms with Crippen LogP contribution in [0.4, 0.5) is 10.7 Å². The van der Waals surface area contributed by atoms with Gasteiger partial charge in [0.05, 0.1) is 6.61 Å². The van der Waals surface area contributed by atoms with Gasteiger partial charge in [-0.25, -0.2) is 9.48 Å². The highest BCUT2D eigenvalue weighted by Gasteiger charge is 2.29. The number of amides is 1. The summed E-state index contributed by atoms with van der Waals surface area (Å²) in [6.07, 6.45) is 0.439. The number of anilines is 1. The molecule has 6 nitrogen and oxygen atoms in total. The van der Waals surface area contributed by atoms with Crippen LogP contribution in [0.25, 0.3) is 0 Å². The maximum Gasteiger partial charge on any atom is 0.414 e. The fourth-order valence-electron chi connectivity index (χ4n) is 3.27. The molecule has 1 aromatic heterocycles. The number of ether oxygens (including phenoxy) is 1. The summed E-state index contributed by atoms with van der Waals surface area (Å²) in [7, 11) is 0. The van der Waals surface area contributed by atoms with Crippen LogP contribution in [0.3, 0.4) is 0 Å². The molecular weight excluding hydrogens is 328 g/mol. The second-order valence-electron chi connectivity index (χ2n) is 6.11. The smallest absolute Gasteiger partial charge is 0.414 e. The van der Waals surface area contributed by atoms with Crippen LogP contribution in [0.2, 0.25) is 5.02 Å². The minimum absolute atomic E-state index is 0.243. The van der Waals surface area contributed by atoms with Crippen molar-refractivity contribution < 1.29 is 9.53 Å². The number of nitrogens with zero attached hydrogens (tertiary/aromatic N) is 3. The Kier molecular flexibility index (Phi) is 4.76. The summed E-state index contributed by atoms with van der Waals surface area (Å²) in [6.45, 7) is 6.96. The van der Waals surface area contributed by atoms with Crippen LogP contribution in [-0.4, -0.2) is 27.5 Å². The minimum atomic E-state index is -0.532. The van der Waals surface area contributed by atoms with Crippen molar-refractivity contribution in [1.82, 2.24) is 14.8 Å². The quantitative estimate of drug-likeness (QED) is 0.906. The summed E-state index contributed by atoms with van der Waals surface area (Å²) in [5.41, 5.74) is 2.36. The average Bonchev–Trinajstić information content (AvgIpc) is 2.93. The molecule has 1 aliphatic heterocycles. The second kappa shape index (κ2) is 6.81. The van der Waals surface area contributed by atoms with E-state index in [2.05, 4.69) is 28.4 Å². The summed E-state index contributed by atoms with van der Waals surface area (Å²) in [6, 6.07) is 6.02. The summed E-state index contributed by atoms with van der Waals surface area (Å²) < 4.78 is 6.75. The third kappa shape index (κ3) is 3.24. The Hall–Kier alpha value is -2.08. The van der Waals surface area contributed by atoms with E-state index in [0.717, 1.165) is 29.4 Å². The molecule has 0 saturated carbocycles. The molecule has 2 unspecified atom stereocenters. The minimum Gasteiger partial charge on any atom is -0.450 e. The lowest BCUT2D eigenvalue weighted by Crippen LogP contribution is -2.23. The number of carbonyl (C=O) groups is 1. The highest BCUT2D eigenvalue weighted by atomic mass is 35.5. The SMILES string of the molecule is CCOC(=O)Nc1nc2n(n1)CC(c1cccc(Cl)c1C)CC2C.